The number of hydrogen-bond donors (Lipinski definition) is 0. The molecule has 1 fully saturated rings. The summed E-state index contributed by atoms with van der Waals surface area (Å²) in [5.41, 5.74) is 0.341. The van der Waals surface area contributed by atoms with Crippen LogP contribution in [0.4, 0.5) is 14.6 Å². The molecule has 0 spiro atoms. The normalized spacial score (nSPS) is 15.8. The van der Waals surface area contributed by atoms with Gasteiger partial charge in [0.05, 0.1) is 17.1 Å². The van der Waals surface area contributed by atoms with Crippen LogP contribution in [0.5, 0.6) is 0 Å². The Hall–Kier alpha value is -2.59. The zero-order valence-electron chi connectivity index (χ0n) is 15.8. The molecular weight excluding hydrogens is 404 g/mol. The van der Waals surface area contributed by atoms with Crippen LogP contribution in [0, 0.1) is 11.6 Å². The predicted octanol–water partition coefficient (Wildman–Crippen LogP) is 2.44. The number of nitrogens with zero attached hydrogens (tertiary/aromatic N) is 3. The van der Waals surface area contributed by atoms with E-state index in [1.807, 2.05) is 4.90 Å². The van der Waals surface area contributed by atoms with Gasteiger partial charge in [-0.05, 0) is 43.7 Å². The van der Waals surface area contributed by atoms with Crippen molar-refractivity contribution in [1.29, 1.82) is 0 Å². The predicted molar refractivity (Wildman–Crippen MR) is 102 cm³/mol. The Morgan fingerprint density at radius 3 is 2.55 bits per heavy atom. The summed E-state index contributed by atoms with van der Waals surface area (Å²) in [6, 6.07) is 5.86. The van der Waals surface area contributed by atoms with E-state index in [0.717, 1.165) is 12.1 Å². The highest BCUT2D eigenvalue weighted by molar-refractivity contribution is 7.89. The molecule has 0 bridgehead atoms. The van der Waals surface area contributed by atoms with Gasteiger partial charge in [0, 0.05) is 32.4 Å². The van der Waals surface area contributed by atoms with Crippen LogP contribution in [0.15, 0.2) is 41.4 Å². The number of benzene rings is 1. The number of esters is 1. The third-order valence-electron chi connectivity index (χ3n) is 4.57. The Bertz CT molecular complexity index is 983. The van der Waals surface area contributed by atoms with Crippen LogP contribution in [-0.2, 0) is 14.8 Å². The van der Waals surface area contributed by atoms with Gasteiger partial charge in [0.1, 0.15) is 5.82 Å². The van der Waals surface area contributed by atoms with E-state index in [9.17, 15) is 22.0 Å². The molecule has 10 heteroatoms. The highest BCUT2D eigenvalue weighted by Crippen LogP contribution is 2.21. The first-order chi connectivity index (χ1) is 13.8. The summed E-state index contributed by atoms with van der Waals surface area (Å²) < 4.78 is 58.3. The fraction of sp³-hybridized carbons (Fsp3) is 0.368. The first-order valence-corrected chi connectivity index (χ1v) is 10.6. The largest absolute Gasteiger partial charge is 0.462 e. The molecule has 0 unspecified atom stereocenters. The Labute approximate surface area is 168 Å². The summed E-state index contributed by atoms with van der Waals surface area (Å²) in [6.45, 7) is 3.34. The van der Waals surface area contributed by atoms with Gasteiger partial charge in [-0.1, -0.05) is 0 Å². The van der Waals surface area contributed by atoms with Crippen LogP contribution in [0.3, 0.4) is 0 Å². The molecule has 0 aliphatic carbocycles. The van der Waals surface area contributed by atoms with Crippen molar-refractivity contribution in [2.75, 3.05) is 37.7 Å². The summed E-state index contributed by atoms with van der Waals surface area (Å²) >= 11 is 0. The van der Waals surface area contributed by atoms with E-state index in [0.29, 0.717) is 37.0 Å². The number of ether oxygens (including phenoxy) is 1. The Morgan fingerprint density at radius 2 is 1.90 bits per heavy atom. The van der Waals surface area contributed by atoms with Crippen molar-refractivity contribution >= 4 is 21.8 Å². The average molecular weight is 425 g/mol. The molecule has 2 heterocycles. The Balaban J connectivity index is 1.71. The summed E-state index contributed by atoms with van der Waals surface area (Å²) in [6.07, 6.45) is 1.96. The lowest BCUT2D eigenvalue weighted by atomic mass is 10.2. The summed E-state index contributed by atoms with van der Waals surface area (Å²) in [4.78, 5) is 17.6. The number of hydrogen-bond acceptors (Lipinski definition) is 6. The van der Waals surface area contributed by atoms with Crippen molar-refractivity contribution in [1.82, 2.24) is 9.29 Å². The minimum Gasteiger partial charge on any atom is -0.462 e. The van der Waals surface area contributed by atoms with Gasteiger partial charge in [-0.2, -0.15) is 4.31 Å². The highest BCUT2D eigenvalue weighted by atomic mass is 32.2. The zero-order chi connectivity index (χ0) is 21.0. The maximum Gasteiger partial charge on any atom is 0.339 e. The van der Waals surface area contributed by atoms with Gasteiger partial charge in [0.15, 0.2) is 11.6 Å². The molecule has 1 saturated heterocycles. The van der Waals surface area contributed by atoms with Gasteiger partial charge in [0.2, 0.25) is 10.0 Å². The van der Waals surface area contributed by atoms with Gasteiger partial charge >= 0.3 is 5.97 Å². The Kier molecular flexibility index (Phi) is 6.43. The standard InChI is InChI=1S/C19H21F2N3O4S/c1-2-28-19(25)14-4-7-18(22-13-14)23-8-3-9-24(11-10-23)29(26,27)15-5-6-16(20)17(21)12-15/h4-7,12-13H,2-3,8-11H2,1H3. The second-order valence-electron chi connectivity index (χ2n) is 6.45. The number of aromatic nitrogens is 1. The number of anilines is 1. The SMILES string of the molecule is CCOC(=O)c1ccc(N2CCCN(S(=O)(=O)c3ccc(F)c(F)c3)CC2)nc1. The minimum absolute atomic E-state index is 0.169. The van der Waals surface area contributed by atoms with Crippen LogP contribution >= 0.6 is 0 Å². The second-order valence-corrected chi connectivity index (χ2v) is 8.38. The number of sulfonamides is 1. The van der Waals surface area contributed by atoms with Crippen molar-refractivity contribution in [3.8, 4) is 0 Å². The second kappa shape index (κ2) is 8.83. The maximum absolute atomic E-state index is 13.5. The van der Waals surface area contributed by atoms with Crippen LogP contribution in [-0.4, -0.2) is 56.5 Å². The highest BCUT2D eigenvalue weighted by Gasteiger charge is 2.28. The van der Waals surface area contributed by atoms with Crippen molar-refractivity contribution in [3.05, 3.63) is 53.7 Å². The number of carbonyl (C=O) groups excluding carboxylic acids is 1. The smallest absolute Gasteiger partial charge is 0.339 e. The molecule has 0 atom stereocenters. The minimum atomic E-state index is -3.94. The van der Waals surface area contributed by atoms with Crippen molar-refractivity contribution < 1.29 is 26.7 Å². The molecule has 156 valence electrons. The third kappa shape index (κ3) is 4.70. The van der Waals surface area contributed by atoms with E-state index in [1.54, 1.807) is 19.1 Å². The molecule has 1 aliphatic rings. The quantitative estimate of drug-likeness (QED) is 0.685. The lowest BCUT2D eigenvalue weighted by Gasteiger charge is -2.22. The van der Waals surface area contributed by atoms with Gasteiger partial charge in [-0.25, -0.2) is 27.0 Å². The van der Waals surface area contributed by atoms with E-state index in [2.05, 4.69) is 4.98 Å². The first-order valence-electron chi connectivity index (χ1n) is 9.16. The van der Waals surface area contributed by atoms with Crippen molar-refractivity contribution in [2.45, 2.75) is 18.2 Å². The van der Waals surface area contributed by atoms with Crippen LogP contribution in [0.25, 0.3) is 0 Å². The fourth-order valence-electron chi connectivity index (χ4n) is 3.06. The summed E-state index contributed by atoms with van der Waals surface area (Å²) in [5.74, 6) is -2.13. The fourth-order valence-corrected chi connectivity index (χ4v) is 4.54. The van der Waals surface area contributed by atoms with E-state index in [-0.39, 0.29) is 24.6 Å². The van der Waals surface area contributed by atoms with E-state index in [1.165, 1.54) is 10.5 Å². The molecule has 7 nitrogen and oxygen atoms in total. The molecule has 1 aromatic carbocycles. The van der Waals surface area contributed by atoms with Gasteiger partial charge < -0.3 is 9.64 Å². The van der Waals surface area contributed by atoms with Gasteiger partial charge in [0.25, 0.3) is 0 Å². The maximum atomic E-state index is 13.5. The Morgan fingerprint density at radius 1 is 1.10 bits per heavy atom. The molecule has 3 rings (SSSR count). The lowest BCUT2D eigenvalue weighted by Crippen LogP contribution is -2.35. The topological polar surface area (TPSA) is 79.8 Å². The average Bonchev–Trinajstić information content (AvgIpc) is 2.97. The van der Waals surface area contributed by atoms with Gasteiger partial charge in [-0.3, -0.25) is 0 Å². The number of halogens is 2. The van der Waals surface area contributed by atoms with Crippen molar-refractivity contribution in [2.24, 2.45) is 0 Å². The molecule has 0 radical (unpaired) electrons. The van der Waals surface area contributed by atoms with E-state index >= 15 is 0 Å². The molecule has 29 heavy (non-hydrogen) atoms. The molecule has 1 aromatic heterocycles. The molecule has 1 aliphatic heterocycles. The monoisotopic (exact) mass is 425 g/mol. The molecular formula is C19H21F2N3O4S. The van der Waals surface area contributed by atoms with E-state index < -0.39 is 27.6 Å². The lowest BCUT2D eigenvalue weighted by molar-refractivity contribution is 0.0526. The number of carbonyl (C=O) groups is 1. The molecule has 0 N–H and O–H groups in total. The van der Waals surface area contributed by atoms with Crippen LogP contribution in [0.2, 0.25) is 0 Å². The van der Waals surface area contributed by atoms with Crippen LogP contribution < -0.4 is 4.90 Å². The third-order valence-corrected chi connectivity index (χ3v) is 6.46. The summed E-state index contributed by atoms with van der Waals surface area (Å²) in [7, 11) is -3.94. The molecule has 0 saturated carbocycles. The molecule has 2 aromatic rings. The number of pyridine rings is 1. The van der Waals surface area contributed by atoms with Gasteiger partial charge in [-0.15, -0.1) is 0 Å². The zero-order valence-corrected chi connectivity index (χ0v) is 16.7. The first kappa shape index (κ1) is 21.1. The van der Waals surface area contributed by atoms with Crippen LogP contribution in [0.1, 0.15) is 23.7 Å². The number of rotatable bonds is 5. The van der Waals surface area contributed by atoms with Crippen molar-refractivity contribution in [3.63, 3.8) is 0 Å². The molecule has 0 amide bonds. The summed E-state index contributed by atoms with van der Waals surface area (Å²) in [5, 5.41) is 0. The van der Waals surface area contributed by atoms with E-state index in [4.69, 9.17) is 4.74 Å².